The van der Waals surface area contributed by atoms with E-state index in [4.69, 9.17) is 16.6 Å². The Kier molecular flexibility index (Phi) is 6.55. The Balaban J connectivity index is 0.00000113. The quantitative estimate of drug-likeness (QED) is 0.824. The molecule has 2 fully saturated rings. The second kappa shape index (κ2) is 8.09. The van der Waals surface area contributed by atoms with Crippen LogP contribution in [0.3, 0.4) is 0 Å². The smallest absolute Gasteiger partial charge is 0.254 e. The third-order valence-corrected chi connectivity index (χ3v) is 5.01. The number of nitrogens with zero attached hydrogens (tertiary/aromatic N) is 2. The van der Waals surface area contributed by atoms with E-state index in [1.807, 2.05) is 29.2 Å². The summed E-state index contributed by atoms with van der Waals surface area (Å²) >= 11 is 6.16. The molecule has 1 N–H and O–H groups in total. The minimum absolute atomic E-state index is 0. The van der Waals surface area contributed by atoms with Crippen molar-refractivity contribution < 1.29 is 4.79 Å². The Bertz CT molecular complexity index is 779. The van der Waals surface area contributed by atoms with E-state index < -0.39 is 0 Å². The minimum Gasteiger partial charge on any atom is -0.333 e. The molecule has 1 aromatic carbocycles. The molecule has 1 aromatic heterocycles. The Morgan fingerprint density at radius 2 is 2.04 bits per heavy atom. The summed E-state index contributed by atoms with van der Waals surface area (Å²) in [5, 5.41) is 4.83. The number of carbonyl (C=O) groups excluding carboxylic acids is 1. The number of fused-ring (bicyclic) bond motifs is 1. The molecule has 1 saturated heterocycles. The van der Waals surface area contributed by atoms with Gasteiger partial charge in [-0.15, -0.1) is 24.8 Å². The zero-order valence-corrected chi connectivity index (χ0v) is 16.4. The number of piperazine rings is 1. The molecule has 25 heavy (non-hydrogen) atoms. The topological polar surface area (TPSA) is 45.2 Å². The molecule has 2 aliphatic rings. The highest BCUT2D eigenvalue weighted by molar-refractivity contribution is 6.31. The standard InChI is InChI=1S/C18H20ClN3O.2ClH/c1-11-10-20-6-7-22(11)18(23)15-9-17(12-2-3-12)21-16-5-4-13(19)8-14(15)16;;/h4-5,8-9,11-12,20H,2-3,6-7,10H2,1H3;2*1H/t11-;;/m0../s1. The lowest BCUT2D eigenvalue weighted by Gasteiger charge is -2.34. The van der Waals surface area contributed by atoms with Crippen molar-refractivity contribution in [1.82, 2.24) is 15.2 Å². The van der Waals surface area contributed by atoms with E-state index in [2.05, 4.69) is 12.2 Å². The van der Waals surface area contributed by atoms with Crippen LogP contribution in [0, 0.1) is 0 Å². The first-order valence-electron chi connectivity index (χ1n) is 8.25. The van der Waals surface area contributed by atoms with E-state index in [0.717, 1.165) is 41.8 Å². The maximum absolute atomic E-state index is 13.2. The molecule has 136 valence electrons. The van der Waals surface area contributed by atoms with Gasteiger partial charge in [0.2, 0.25) is 0 Å². The van der Waals surface area contributed by atoms with Gasteiger partial charge in [0.25, 0.3) is 5.91 Å². The molecular formula is C18H22Cl3N3O. The number of halogens is 3. The number of hydrogen-bond donors (Lipinski definition) is 1. The predicted molar refractivity (Wildman–Crippen MR) is 107 cm³/mol. The van der Waals surface area contributed by atoms with E-state index in [1.165, 1.54) is 12.8 Å². The fourth-order valence-corrected chi connectivity index (χ4v) is 3.45. The van der Waals surface area contributed by atoms with Gasteiger partial charge in [0.15, 0.2) is 0 Å². The van der Waals surface area contributed by atoms with Gasteiger partial charge in [-0.25, -0.2) is 0 Å². The van der Waals surface area contributed by atoms with Crippen LogP contribution in [-0.2, 0) is 0 Å². The van der Waals surface area contributed by atoms with E-state index >= 15 is 0 Å². The van der Waals surface area contributed by atoms with E-state index in [-0.39, 0.29) is 36.8 Å². The van der Waals surface area contributed by atoms with Gasteiger partial charge in [0.1, 0.15) is 0 Å². The van der Waals surface area contributed by atoms with Crippen LogP contribution < -0.4 is 5.32 Å². The number of carbonyl (C=O) groups is 1. The number of nitrogens with one attached hydrogen (secondary N) is 1. The molecule has 0 unspecified atom stereocenters. The molecular weight excluding hydrogens is 381 g/mol. The van der Waals surface area contributed by atoms with Crippen molar-refractivity contribution in [1.29, 1.82) is 0 Å². The lowest BCUT2D eigenvalue weighted by atomic mass is 10.0. The van der Waals surface area contributed by atoms with Crippen LogP contribution in [0.1, 0.15) is 41.7 Å². The van der Waals surface area contributed by atoms with E-state index in [0.29, 0.717) is 10.9 Å². The van der Waals surface area contributed by atoms with Crippen molar-refractivity contribution in [2.24, 2.45) is 0 Å². The Morgan fingerprint density at radius 1 is 1.28 bits per heavy atom. The first-order valence-corrected chi connectivity index (χ1v) is 8.63. The molecule has 1 saturated carbocycles. The van der Waals surface area contributed by atoms with Gasteiger partial charge >= 0.3 is 0 Å². The molecule has 4 rings (SSSR count). The van der Waals surface area contributed by atoms with Crippen molar-refractivity contribution >= 4 is 53.2 Å². The van der Waals surface area contributed by atoms with Crippen LogP contribution in [0.5, 0.6) is 0 Å². The first kappa shape index (κ1) is 20.2. The van der Waals surface area contributed by atoms with E-state index in [9.17, 15) is 4.79 Å². The van der Waals surface area contributed by atoms with Crippen LogP contribution in [0.15, 0.2) is 24.3 Å². The maximum Gasteiger partial charge on any atom is 0.254 e. The molecule has 1 aliphatic heterocycles. The first-order chi connectivity index (χ1) is 11.1. The van der Waals surface area contributed by atoms with Gasteiger partial charge in [0, 0.05) is 47.7 Å². The third-order valence-electron chi connectivity index (χ3n) is 4.78. The van der Waals surface area contributed by atoms with Gasteiger partial charge in [-0.1, -0.05) is 11.6 Å². The molecule has 4 nitrogen and oxygen atoms in total. The monoisotopic (exact) mass is 401 g/mol. The summed E-state index contributed by atoms with van der Waals surface area (Å²) < 4.78 is 0. The number of pyridine rings is 1. The number of amides is 1. The molecule has 1 amide bonds. The summed E-state index contributed by atoms with van der Waals surface area (Å²) in [6.07, 6.45) is 2.34. The number of benzene rings is 1. The number of hydrogen-bond acceptors (Lipinski definition) is 3. The lowest BCUT2D eigenvalue weighted by molar-refractivity contribution is 0.0657. The zero-order chi connectivity index (χ0) is 16.0. The van der Waals surface area contributed by atoms with Crippen LogP contribution in [0.25, 0.3) is 10.9 Å². The van der Waals surface area contributed by atoms with Gasteiger partial charge in [0.05, 0.1) is 11.1 Å². The zero-order valence-electron chi connectivity index (χ0n) is 14.0. The number of aromatic nitrogens is 1. The molecule has 2 aromatic rings. The van der Waals surface area contributed by atoms with Crippen molar-refractivity contribution in [2.75, 3.05) is 19.6 Å². The largest absolute Gasteiger partial charge is 0.333 e. The van der Waals surface area contributed by atoms with Crippen molar-refractivity contribution in [2.45, 2.75) is 31.7 Å². The van der Waals surface area contributed by atoms with Crippen molar-refractivity contribution in [3.8, 4) is 0 Å². The summed E-state index contributed by atoms with van der Waals surface area (Å²) in [4.78, 5) is 19.9. The maximum atomic E-state index is 13.2. The van der Waals surface area contributed by atoms with Gasteiger partial charge in [-0.2, -0.15) is 0 Å². The Hall–Kier alpha value is -1.07. The lowest BCUT2D eigenvalue weighted by Crippen LogP contribution is -2.52. The minimum atomic E-state index is 0. The third kappa shape index (κ3) is 4.03. The van der Waals surface area contributed by atoms with E-state index in [1.54, 1.807) is 0 Å². The fourth-order valence-electron chi connectivity index (χ4n) is 3.28. The molecule has 0 bridgehead atoms. The van der Waals surface area contributed by atoms with Crippen LogP contribution in [-0.4, -0.2) is 41.5 Å². The highest BCUT2D eigenvalue weighted by atomic mass is 35.5. The second-order valence-electron chi connectivity index (χ2n) is 6.58. The second-order valence-corrected chi connectivity index (χ2v) is 7.02. The molecule has 0 spiro atoms. The van der Waals surface area contributed by atoms with Crippen molar-refractivity contribution in [3.05, 3.63) is 40.5 Å². The number of rotatable bonds is 2. The normalized spacial score (nSPS) is 19.9. The fraction of sp³-hybridized carbons (Fsp3) is 0.444. The molecule has 7 heteroatoms. The van der Waals surface area contributed by atoms with Crippen molar-refractivity contribution in [3.63, 3.8) is 0 Å². The Labute approximate surface area is 165 Å². The summed E-state index contributed by atoms with van der Waals surface area (Å²) in [5.41, 5.74) is 2.66. The molecule has 2 heterocycles. The summed E-state index contributed by atoms with van der Waals surface area (Å²) in [7, 11) is 0. The molecule has 1 aliphatic carbocycles. The van der Waals surface area contributed by atoms with Gasteiger partial charge in [-0.05, 0) is 44.0 Å². The summed E-state index contributed by atoms with van der Waals surface area (Å²) in [6, 6.07) is 7.81. The molecule has 0 radical (unpaired) electrons. The van der Waals surface area contributed by atoms with Crippen LogP contribution in [0.2, 0.25) is 5.02 Å². The summed E-state index contributed by atoms with van der Waals surface area (Å²) in [5.74, 6) is 0.609. The average molecular weight is 403 g/mol. The Morgan fingerprint density at radius 3 is 2.72 bits per heavy atom. The van der Waals surface area contributed by atoms with Gasteiger partial charge < -0.3 is 10.2 Å². The average Bonchev–Trinajstić information content (AvgIpc) is 3.38. The van der Waals surface area contributed by atoms with Crippen LogP contribution in [0.4, 0.5) is 0 Å². The highest BCUT2D eigenvalue weighted by Gasteiger charge is 2.29. The predicted octanol–water partition coefficient (Wildman–Crippen LogP) is 4.04. The highest BCUT2D eigenvalue weighted by Crippen LogP contribution is 2.40. The molecule has 1 atom stereocenters. The SMILES string of the molecule is C[C@H]1CNCCN1C(=O)c1cc(C2CC2)nc2ccc(Cl)cc12.Cl.Cl. The summed E-state index contributed by atoms with van der Waals surface area (Å²) in [6.45, 7) is 4.51. The van der Waals surface area contributed by atoms with Gasteiger partial charge in [-0.3, -0.25) is 9.78 Å². The van der Waals surface area contributed by atoms with Crippen LogP contribution >= 0.6 is 36.4 Å².